The van der Waals surface area contributed by atoms with E-state index in [0.29, 0.717) is 24.3 Å². The number of carbonyl (C=O) groups excluding carboxylic acids is 2. The first-order valence-electron chi connectivity index (χ1n) is 15.6. The number of likely N-dealkylation sites (tertiary alicyclic amines) is 1. The number of hydrogen-bond acceptors (Lipinski definition) is 6. The molecule has 7 rings (SSSR count). The molecule has 1 aliphatic carbocycles. The van der Waals surface area contributed by atoms with Gasteiger partial charge in [0.25, 0.3) is 11.8 Å². The summed E-state index contributed by atoms with van der Waals surface area (Å²) in [5, 5.41) is 7.10. The van der Waals surface area contributed by atoms with Crippen molar-refractivity contribution in [3.05, 3.63) is 93.3 Å². The molecule has 0 radical (unpaired) electrons. The number of piperidine rings is 1. The highest BCUT2D eigenvalue weighted by Gasteiger charge is 2.39. The van der Waals surface area contributed by atoms with E-state index in [-0.39, 0.29) is 17.4 Å². The summed E-state index contributed by atoms with van der Waals surface area (Å²) in [6.07, 6.45) is 3.51. The lowest BCUT2D eigenvalue weighted by Gasteiger charge is -2.46. The average molecular weight is 609 g/mol. The first-order chi connectivity index (χ1) is 21.4. The van der Waals surface area contributed by atoms with Crippen molar-refractivity contribution in [2.75, 3.05) is 60.4 Å². The van der Waals surface area contributed by atoms with Gasteiger partial charge in [-0.15, -0.1) is 11.3 Å². The van der Waals surface area contributed by atoms with Crippen LogP contribution in [0.4, 0.5) is 0 Å². The van der Waals surface area contributed by atoms with Crippen LogP contribution in [0.3, 0.4) is 0 Å². The molecular weight excluding hydrogens is 568 g/mol. The van der Waals surface area contributed by atoms with Crippen molar-refractivity contribution in [1.82, 2.24) is 29.4 Å². The number of benzene rings is 2. The summed E-state index contributed by atoms with van der Waals surface area (Å²) in [4.78, 5) is 37.2. The summed E-state index contributed by atoms with van der Waals surface area (Å²) in [5.41, 5.74) is 6.57. The number of fused-ring (bicyclic) bond motifs is 3. The van der Waals surface area contributed by atoms with Gasteiger partial charge in [-0.25, -0.2) is 4.68 Å². The Hall–Kier alpha value is -3.79. The predicted molar refractivity (Wildman–Crippen MR) is 175 cm³/mol. The van der Waals surface area contributed by atoms with Gasteiger partial charge in [-0.1, -0.05) is 30.3 Å². The van der Waals surface area contributed by atoms with E-state index in [1.54, 1.807) is 11.3 Å². The lowest BCUT2D eigenvalue weighted by atomic mass is 9.79. The molecule has 0 atom stereocenters. The zero-order chi connectivity index (χ0) is 30.4. The van der Waals surface area contributed by atoms with Gasteiger partial charge in [0, 0.05) is 66.4 Å². The second-order valence-electron chi connectivity index (χ2n) is 12.6. The minimum absolute atomic E-state index is 0.0213. The highest BCUT2D eigenvalue weighted by atomic mass is 32.1. The minimum Gasteiger partial charge on any atom is -0.338 e. The molecule has 2 aromatic heterocycles. The number of hydrogen-bond donors (Lipinski definition) is 0. The van der Waals surface area contributed by atoms with Crippen molar-refractivity contribution in [3.63, 3.8) is 0 Å². The highest BCUT2D eigenvalue weighted by molar-refractivity contribution is 7.10. The Morgan fingerprint density at radius 2 is 1.50 bits per heavy atom. The van der Waals surface area contributed by atoms with E-state index in [1.165, 1.54) is 10.4 Å². The second-order valence-corrected chi connectivity index (χ2v) is 13.6. The molecule has 2 saturated heterocycles. The van der Waals surface area contributed by atoms with Crippen molar-refractivity contribution in [3.8, 4) is 16.9 Å². The maximum absolute atomic E-state index is 13.8. The molecule has 4 heterocycles. The average Bonchev–Trinajstić information content (AvgIpc) is 3.70. The number of thiophene rings is 1. The number of amides is 2. The maximum atomic E-state index is 13.8. The van der Waals surface area contributed by atoms with E-state index >= 15 is 0 Å². The molecule has 0 bridgehead atoms. The largest absolute Gasteiger partial charge is 0.338 e. The molecule has 44 heavy (non-hydrogen) atoms. The predicted octanol–water partition coefficient (Wildman–Crippen LogP) is 4.78. The van der Waals surface area contributed by atoms with Gasteiger partial charge in [0.1, 0.15) is 0 Å². The summed E-state index contributed by atoms with van der Waals surface area (Å²) in [6, 6.07) is 20.6. The fraction of sp³-hybridized carbons (Fsp3) is 0.400. The van der Waals surface area contributed by atoms with Gasteiger partial charge >= 0.3 is 0 Å². The molecule has 3 aliphatic rings. The summed E-state index contributed by atoms with van der Waals surface area (Å²) in [5.74, 6) is 0.0819. The molecule has 0 unspecified atom stereocenters. The van der Waals surface area contributed by atoms with Crippen LogP contribution in [0.15, 0.2) is 66.0 Å². The minimum atomic E-state index is -0.0686. The van der Waals surface area contributed by atoms with Gasteiger partial charge < -0.3 is 14.7 Å². The molecule has 2 amide bonds. The molecule has 4 aromatic rings. The number of likely N-dealkylation sites (N-methyl/N-ethyl adjacent to an activating group) is 1. The highest BCUT2D eigenvalue weighted by Crippen LogP contribution is 2.40. The standard InChI is InChI=1S/C35H40N6O2S/c1-37(2)35(26-7-5-4-6-8-26)16-18-39(19-17-35)33(42)25-9-11-27(12-10-25)41-32-28-15-24-44-30(28)14-13-29(32)31(36-41)34(43)40-22-20-38(3)21-23-40/h4-12,15,24H,13-14,16-23H2,1-3H3. The Labute approximate surface area is 263 Å². The van der Waals surface area contributed by atoms with Crippen molar-refractivity contribution < 1.29 is 9.59 Å². The van der Waals surface area contributed by atoms with E-state index in [4.69, 9.17) is 5.10 Å². The van der Waals surface area contributed by atoms with Crippen LogP contribution in [0.25, 0.3) is 16.9 Å². The maximum Gasteiger partial charge on any atom is 0.274 e. The zero-order valence-corrected chi connectivity index (χ0v) is 26.6. The SMILES string of the molecule is CN1CCN(C(=O)c2nn(-c3ccc(C(=O)N4CCC(c5ccccc5)(N(C)C)CC4)cc3)c3c2CCc2sccc2-3)CC1. The third-order valence-corrected chi connectivity index (χ3v) is 11.0. The first-order valence-corrected chi connectivity index (χ1v) is 16.5. The molecule has 2 aromatic carbocycles. The van der Waals surface area contributed by atoms with Gasteiger partial charge in [-0.2, -0.15) is 5.10 Å². The fourth-order valence-electron chi connectivity index (χ4n) is 7.22. The first kappa shape index (κ1) is 29.0. The monoisotopic (exact) mass is 608 g/mol. The summed E-state index contributed by atoms with van der Waals surface area (Å²) in [7, 11) is 6.37. The lowest BCUT2D eigenvalue weighted by molar-refractivity contribution is 0.0411. The van der Waals surface area contributed by atoms with Crippen molar-refractivity contribution in [1.29, 1.82) is 0 Å². The van der Waals surface area contributed by atoms with Crippen LogP contribution >= 0.6 is 11.3 Å². The van der Waals surface area contributed by atoms with Crippen molar-refractivity contribution >= 4 is 23.2 Å². The molecule has 9 heteroatoms. The van der Waals surface area contributed by atoms with E-state index in [2.05, 4.69) is 72.7 Å². The van der Waals surface area contributed by atoms with E-state index in [1.807, 2.05) is 38.7 Å². The van der Waals surface area contributed by atoms with Crippen LogP contribution in [0.2, 0.25) is 0 Å². The van der Waals surface area contributed by atoms with Crippen LogP contribution in [-0.4, -0.2) is 102 Å². The number of piperazine rings is 1. The van der Waals surface area contributed by atoms with Crippen LogP contribution in [0.1, 0.15) is 49.7 Å². The Balaban J connectivity index is 1.14. The van der Waals surface area contributed by atoms with Crippen LogP contribution < -0.4 is 0 Å². The number of rotatable bonds is 5. The van der Waals surface area contributed by atoms with Crippen molar-refractivity contribution in [2.24, 2.45) is 0 Å². The van der Waals surface area contributed by atoms with Gasteiger partial charge in [0.2, 0.25) is 0 Å². The smallest absolute Gasteiger partial charge is 0.274 e. The summed E-state index contributed by atoms with van der Waals surface area (Å²) in [6.45, 7) is 4.60. The third kappa shape index (κ3) is 4.97. The normalized spacial score (nSPS) is 18.3. The quantitative estimate of drug-likeness (QED) is 0.327. The number of aromatic nitrogens is 2. The topological polar surface area (TPSA) is 64.9 Å². The molecular formula is C35H40N6O2S. The van der Waals surface area contributed by atoms with Gasteiger partial charge in [-0.05, 0) is 88.1 Å². The molecule has 228 valence electrons. The molecule has 0 saturated carbocycles. The Morgan fingerprint density at radius 1 is 0.818 bits per heavy atom. The Morgan fingerprint density at radius 3 is 2.18 bits per heavy atom. The number of nitrogens with zero attached hydrogens (tertiary/aromatic N) is 6. The van der Waals surface area contributed by atoms with E-state index in [0.717, 1.165) is 74.4 Å². The van der Waals surface area contributed by atoms with E-state index < -0.39 is 0 Å². The lowest BCUT2D eigenvalue weighted by Crippen LogP contribution is -2.51. The third-order valence-electron chi connectivity index (χ3n) is 9.98. The molecule has 0 spiro atoms. The fourth-order valence-corrected chi connectivity index (χ4v) is 8.10. The molecule has 8 nitrogen and oxygen atoms in total. The van der Waals surface area contributed by atoms with Gasteiger partial charge in [0.05, 0.1) is 11.4 Å². The Kier molecular flexibility index (Phi) is 7.64. The summed E-state index contributed by atoms with van der Waals surface area (Å²) < 4.78 is 1.93. The molecule has 0 N–H and O–H groups in total. The molecule has 2 fully saturated rings. The van der Waals surface area contributed by atoms with Gasteiger partial charge in [0.15, 0.2) is 5.69 Å². The van der Waals surface area contributed by atoms with Crippen LogP contribution in [-0.2, 0) is 18.4 Å². The zero-order valence-electron chi connectivity index (χ0n) is 25.8. The van der Waals surface area contributed by atoms with Crippen LogP contribution in [0, 0.1) is 0 Å². The van der Waals surface area contributed by atoms with Crippen LogP contribution in [0.5, 0.6) is 0 Å². The van der Waals surface area contributed by atoms with Gasteiger partial charge in [-0.3, -0.25) is 14.5 Å². The second kappa shape index (κ2) is 11.6. The van der Waals surface area contributed by atoms with Crippen molar-refractivity contribution in [2.45, 2.75) is 31.2 Å². The summed E-state index contributed by atoms with van der Waals surface area (Å²) >= 11 is 1.77. The Bertz CT molecular complexity index is 1660. The number of aryl methyl sites for hydroxylation is 1. The van der Waals surface area contributed by atoms with E-state index in [9.17, 15) is 9.59 Å². The molecule has 2 aliphatic heterocycles. The number of carbonyl (C=O) groups is 2.